The molecule has 0 aromatic heterocycles. The first-order valence-corrected chi connectivity index (χ1v) is 8.91. The zero-order chi connectivity index (χ0) is 14.3. The summed E-state index contributed by atoms with van der Waals surface area (Å²) < 4.78 is 40.2. The fourth-order valence-electron chi connectivity index (χ4n) is 3.00. The van der Waals surface area contributed by atoms with Gasteiger partial charge in [-0.15, -0.1) is 0 Å². The van der Waals surface area contributed by atoms with E-state index in [-0.39, 0.29) is 9.37 Å². The van der Waals surface area contributed by atoms with Gasteiger partial charge in [0.1, 0.15) is 5.82 Å². The Labute approximate surface area is 126 Å². The van der Waals surface area contributed by atoms with Crippen molar-refractivity contribution in [3.63, 3.8) is 0 Å². The van der Waals surface area contributed by atoms with Crippen LogP contribution in [0.25, 0.3) is 0 Å². The van der Waals surface area contributed by atoms with Crippen LogP contribution in [0, 0.1) is 5.82 Å². The van der Waals surface area contributed by atoms with Crippen molar-refractivity contribution in [2.75, 3.05) is 26.2 Å². The minimum absolute atomic E-state index is 0.144. The highest BCUT2D eigenvalue weighted by molar-refractivity contribution is 9.10. The number of hydrogen-bond donors (Lipinski definition) is 0. The van der Waals surface area contributed by atoms with Gasteiger partial charge in [0.25, 0.3) is 0 Å². The average molecular weight is 363 g/mol. The van der Waals surface area contributed by atoms with Crippen LogP contribution < -0.4 is 0 Å². The summed E-state index contributed by atoms with van der Waals surface area (Å²) >= 11 is 3.15. The van der Waals surface area contributed by atoms with Crippen LogP contribution in [0.3, 0.4) is 0 Å². The second-order valence-electron chi connectivity index (χ2n) is 5.27. The van der Waals surface area contributed by atoms with E-state index in [9.17, 15) is 12.8 Å². The Balaban J connectivity index is 1.88. The topological polar surface area (TPSA) is 40.6 Å². The summed E-state index contributed by atoms with van der Waals surface area (Å²) in [6.45, 7) is 2.89. The van der Waals surface area contributed by atoms with Crippen molar-refractivity contribution in [1.29, 1.82) is 0 Å². The molecule has 4 nitrogen and oxygen atoms in total. The lowest BCUT2D eigenvalue weighted by Gasteiger charge is -2.36. The van der Waals surface area contributed by atoms with Crippen LogP contribution in [0.1, 0.15) is 12.8 Å². The normalized spacial score (nSPS) is 24.8. The Hall–Kier alpha value is -0.500. The smallest absolute Gasteiger partial charge is 0.244 e. The van der Waals surface area contributed by atoms with Crippen LogP contribution >= 0.6 is 15.9 Å². The van der Waals surface area contributed by atoms with Crippen molar-refractivity contribution in [3.05, 3.63) is 28.5 Å². The molecule has 2 aliphatic rings. The van der Waals surface area contributed by atoms with Crippen LogP contribution in [-0.2, 0) is 10.0 Å². The predicted molar refractivity (Wildman–Crippen MR) is 77.5 cm³/mol. The van der Waals surface area contributed by atoms with Crippen LogP contribution in [0.5, 0.6) is 0 Å². The Morgan fingerprint density at radius 2 is 2.05 bits per heavy atom. The van der Waals surface area contributed by atoms with Crippen LogP contribution in [0.15, 0.2) is 27.6 Å². The lowest BCUT2D eigenvalue weighted by molar-refractivity contribution is 0.158. The highest BCUT2D eigenvalue weighted by Gasteiger charge is 2.36. The molecule has 0 N–H and O–H groups in total. The van der Waals surface area contributed by atoms with Gasteiger partial charge in [-0.05, 0) is 53.5 Å². The van der Waals surface area contributed by atoms with Crippen LogP contribution in [0.2, 0.25) is 0 Å². The quantitative estimate of drug-likeness (QED) is 0.808. The molecule has 1 atom stereocenters. The number of sulfonamides is 1. The van der Waals surface area contributed by atoms with Gasteiger partial charge in [0.15, 0.2) is 0 Å². The molecule has 0 radical (unpaired) electrons. The minimum atomic E-state index is -3.55. The van der Waals surface area contributed by atoms with Gasteiger partial charge < -0.3 is 0 Å². The molecular weight excluding hydrogens is 347 g/mol. The second-order valence-corrected chi connectivity index (χ2v) is 8.03. The highest BCUT2D eigenvalue weighted by atomic mass is 79.9. The molecule has 20 heavy (non-hydrogen) atoms. The van der Waals surface area contributed by atoms with Gasteiger partial charge in [-0.3, -0.25) is 4.90 Å². The molecule has 1 unspecified atom stereocenters. The van der Waals surface area contributed by atoms with Gasteiger partial charge >= 0.3 is 0 Å². The number of rotatable bonds is 2. The molecule has 3 rings (SSSR count). The van der Waals surface area contributed by atoms with E-state index in [1.54, 1.807) is 0 Å². The summed E-state index contributed by atoms with van der Waals surface area (Å²) in [4.78, 5) is 2.50. The molecule has 2 saturated heterocycles. The molecule has 7 heteroatoms. The maximum atomic E-state index is 13.1. The van der Waals surface area contributed by atoms with E-state index >= 15 is 0 Å². The first-order chi connectivity index (χ1) is 9.48. The summed E-state index contributed by atoms with van der Waals surface area (Å²) in [6, 6.07) is 4.04. The van der Waals surface area contributed by atoms with Crippen molar-refractivity contribution in [2.24, 2.45) is 0 Å². The van der Waals surface area contributed by atoms with E-state index in [1.807, 2.05) is 0 Å². The summed E-state index contributed by atoms with van der Waals surface area (Å²) in [5.74, 6) is -0.448. The molecule has 2 aliphatic heterocycles. The Morgan fingerprint density at radius 3 is 2.80 bits per heavy atom. The van der Waals surface area contributed by atoms with Gasteiger partial charge in [0, 0.05) is 30.1 Å². The number of nitrogens with zero attached hydrogens (tertiary/aromatic N) is 2. The fourth-order valence-corrected chi connectivity index (χ4v) is 5.48. The maximum absolute atomic E-state index is 13.1. The summed E-state index contributed by atoms with van der Waals surface area (Å²) in [7, 11) is -3.55. The number of hydrogen-bond acceptors (Lipinski definition) is 3. The standard InChI is InChI=1S/C13H16BrFN2O2S/c14-12-8-10(15)3-4-13(12)20(18,19)17-7-6-16-5-1-2-11(16)9-17/h3-4,8,11H,1-2,5-7,9H2. The van der Waals surface area contributed by atoms with Gasteiger partial charge in [0.05, 0.1) is 4.90 Å². The van der Waals surface area contributed by atoms with E-state index in [1.165, 1.54) is 22.5 Å². The molecule has 110 valence electrons. The molecule has 1 aromatic rings. The van der Waals surface area contributed by atoms with Crippen molar-refractivity contribution in [3.8, 4) is 0 Å². The Bertz CT molecular complexity index is 623. The van der Waals surface area contributed by atoms with E-state index in [4.69, 9.17) is 0 Å². The molecule has 2 heterocycles. The molecule has 1 aromatic carbocycles. The largest absolute Gasteiger partial charge is 0.298 e. The van der Waals surface area contributed by atoms with E-state index < -0.39 is 15.8 Å². The molecule has 0 amide bonds. The van der Waals surface area contributed by atoms with E-state index in [0.29, 0.717) is 19.1 Å². The third-order valence-electron chi connectivity index (χ3n) is 4.06. The third-order valence-corrected chi connectivity index (χ3v) is 6.90. The molecule has 0 bridgehead atoms. The monoisotopic (exact) mass is 362 g/mol. The highest BCUT2D eigenvalue weighted by Crippen LogP contribution is 2.29. The van der Waals surface area contributed by atoms with Gasteiger partial charge in [0.2, 0.25) is 10.0 Å². The zero-order valence-electron chi connectivity index (χ0n) is 10.9. The van der Waals surface area contributed by atoms with Gasteiger partial charge in [-0.2, -0.15) is 4.31 Å². The molecule has 0 spiro atoms. The Morgan fingerprint density at radius 1 is 1.25 bits per heavy atom. The van der Waals surface area contributed by atoms with E-state index in [0.717, 1.165) is 25.9 Å². The summed E-state index contributed by atoms with van der Waals surface area (Å²) in [6.07, 6.45) is 2.19. The molecule has 0 aliphatic carbocycles. The van der Waals surface area contributed by atoms with Crippen LogP contribution in [-0.4, -0.2) is 49.8 Å². The minimum Gasteiger partial charge on any atom is -0.298 e. The first-order valence-electron chi connectivity index (χ1n) is 6.68. The molecule has 0 saturated carbocycles. The SMILES string of the molecule is O=S(=O)(c1ccc(F)cc1Br)N1CCN2CCCC2C1. The Kier molecular flexibility index (Phi) is 3.87. The summed E-state index contributed by atoms with van der Waals surface area (Å²) in [5.41, 5.74) is 0. The number of benzene rings is 1. The van der Waals surface area contributed by atoms with Gasteiger partial charge in [-0.25, -0.2) is 12.8 Å². The molecule has 2 fully saturated rings. The van der Waals surface area contributed by atoms with Gasteiger partial charge in [-0.1, -0.05) is 0 Å². The van der Waals surface area contributed by atoms with Crippen molar-refractivity contribution >= 4 is 26.0 Å². The van der Waals surface area contributed by atoms with E-state index in [2.05, 4.69) is 20.8 Å². The molecular formula is C13H16BrFN2O2S. The lowest BCUT2D eigenvalue weighted by Crippen LogP contribution is -2.51. The zero-order valence-corrected chi connectivity index (χ0v) is 13.3. The van der Waals surface area contributed by atoms with Crippen LogP contribution in [0.4, 0.5) is 4.39 Å². The first kappa shape index (κ1) is 14.4. The fraction of sp³-hybridized carbons (Fsp3) is 0.538. The number of halogens is 2. The lowest BCUT2D eigenvalue weighted by atomic mass is 10.2. The second kappa shape index (κ2) is 5.36. The summed E-state index contributed by atoms with van der Waals surface area (Å²) in [5, 5.41) is 0. The number of piperazine rings is 1. The third kappa shape index (κ3) is 2.52. The van der Waals surface area contributed by atoms with Crippen molar-refractivity contribution in [1.82, 2.24) is 9.21 Å². The average Bonchev–Trinajstić information content (AvgIpc) is 2.85. The van der Waals surface area contributed by atoms with Crippen molar-refractivity contribution < 1.29 is 12.8 Å². The predicted octanol–water partition coefficient (Wildman–Crippen LogP) is 2.06. The van der Waals surface area contributed by atoms with Crippen molar-refractivity contribution in [2.45, 2.75) is 23.8 Å². The number of fused-ring (bicyclic) bond motifs is 1. The maximum Gasteiger partial charge on any atom is 0.244 e.